The van der Waals surface area contributed by atoms with Gasteiger partial charge in [-0.3, -0.25) is 0 Å². The predicted octanol–water partition coefficient (Wildman–Crippen LogP) is 3.59. The molecule has 1 fully saturated rings. The van der Waals surface area contributed by atoms with Crippen molar-refractivity contribution in [3.63, 3.8) is 0 Å². The Hall–Kier alpha value is -0.540. The van der Waals surface area contributed by atoms with Crippen LogP contribution in [-0.4, -0.2) is 11.7 Å². The van der Waals surface area contributed by atoms with Crippen LogP contribution in [0.2, 0.25) is 0 Å². The highest BCUT2D eigenvalue weighted by atomic mass is 79.9. The van der Waals surface area contributed by atoms with Crippen molar-refractivity contribution >= 4 is 15.9 Å². The van der Waals surface area contributed by atoms with Gasteiger partial charge >= 0.3 is 0 Å². The molecule has 0 amide bonds. The second-order valence-corrected chi connectivity index (χ2v) is 5.38. The number of rotatable bonds is 1. The molecule has 0 bridgehead atoms. The Labute approximate surface area is 105 Å². The monoisotopic (exact) mass is 283 g/mol. The molecule has 1 atom stereocenters. The van der Waals surface area contributed by atoms with Gasteiger partial charge in [0.15, 0.2) is 0 Å². The van der Waals surface area contributed by atoms with Crippen molar-refractivity contribution in [2.45, 2.75) is 39.2 Å². The molecule has 1 aliphatic rings. The molecule has 88 valence electrons. The lowest BCUT2D eigenvalue weighted by Gasteiger charge is -2.26. The van der Waals surface area contributed by atoms with E-state index in [9.17, 15) is 5.11 Å². The molecule has 3 heteroatoms. The Kier molecular flexibility index (Phi) is 3.55. The van der Waals surface area contributed by atoms with Crippen LogP contribution in [0.5, 0.6) is 5.75 Å². The van der Waals surface area contributed by atoms with E-state index in [0.29, 0.717) is 11.8 Å². The normalized spacial score (nSPS) is 21.1. The number of piperidine rings is 1. The lowest BCUT2D eigenvalue weighted by Crippen LogP contribution is -2.27. The summed E-state index contributed by atoms with van der Waals surface area (Å²) in [6.07, 6.45) is 3.59. The zero-order valence-corrected chi connectivity index (χ0v) is 11.4. The second-order valence-electron chi connectivity index (χ2n) is 4.59. The Bertz CT molecular complexity index is 397. The minimum atomic E-state index is 0.311. The van der Waals surface area contributed by atoms with E-state index in [1.807, 2.05) is 6.92 Å². The number of aromatic hydroxyl groups is 1. The van der Waals surface area contributed by atoms with Crippen LogP contribution in [0.4, 0.5) is 0 Å². The van der Waals surface area contributed by atoms with Crippen molar-refractivity contribution in [1.29, 1.82) is 0 Å². The van der Waals surface area contributed by atoms with Crippen LogP contribution < -0.4 is 5.32 Å². The van der Waals surface area contributed by atoms with Gasteiger partial charge in [-0.15, -0.1) is 0 Å². The van der Waals surface area contributed by atoms with E-state index in [-0.39, 0.29) is 0 Å². The third-order valence-electron chi connectivity index (χ3n) is 3.33. The average molecular weight is 284 g/mol. The van der Waals surface area contributed by atoms with E-state index >= 15 is 0 Å². The van der Waals surface area contributed by atoms with Crippen LogP contribution in [0.25, 0.3) is 0 Å². The first kappa shape index (κ1) is 11.9. The van der Waals surface area contributed by atoms with Gasteiger partial charge in [-0.05, 0) is 60.3 Å². The lowest BCUT2D eigenvalue weighted by atomic mass is 9.92. The van der Waals surface area contributed by atoms with Crippen molar-refractivity contribution in [3.8, 4) is 5.75 Å². The van der Waals surface area contributed by atoms with Crippen LogP contribution in [-0.2, 0) is 0 Å². The third-order valence-corrected chi connectivity index (χ3v) is 4.33. The summed E-state index contributed by atoms with van der Waals surface area (Å²) in [6.45, 7) is 5.13. The summed E-state index contributed by atoms with van der Waals surface area (Å²) in [5.74, 6) is 0.414. The fourth-order valence-corrected chi connectivity index (χ4v) is 2.82. The van der Waals surface area contributed by atoms with Crippen LogP contribution in [0, 0.1) is 13.8 Å². The SMILES string of the molecule is Cc1cc(C)c(C2CCCCN2)c(O)c1Br. The summed E-state index contributed by atoms with van der Waals surface area (Å²) in [5.41, 5.74) is 3.34. The standard InChI is InChI=1S/C13H18BrNO/c1-8-7-9(2)12(14)13(16)11(8)10-5-3-4-6-15-10/h7,10,15-16H,3-6H2,1-2H3. The smallest absolute Gasteiger partial charge is 0.135 e. The van der Waals surface area contributed by atoms with Gasteiger partial charge in [0.25, 0.3) is 0 Å². The molecule has 0 radical (unpaired) electrons. The average Bonchev–Trinajstić information content (AvgIpc) is 2.28. The lowest BCUT2D eigenvalue weighted by molar-refractivity contribution is 0.388. The van der Waals surface area contributed by atoms with Crippen LogP contribution in [0.3, 0.4) is 0 Å². The summed E-state index contributed by atoms with van der Waals surface area (Å²) in [5, 5.41) is 13.7. The van der Waals surface area contributed by atoms with Crippen LogP contribution >= 0.6 is 15.9 Å². The number of nitrogens with one attached hydrogen (secondary N) is 1. The van der Waals surface area contributed by atoms with Gasteiger partial charge in [-0.25, -0.2) is 0 Å². The first-order valence-electron chi connectivity index (χ1n) is 5.83. The summed E-state index contributed by atoms with van der Waals surface area (Å²) in [6, 6.07) is 2.45. The minimum absolute atomic E-state index is 0.311. The summed E-state index contributed by atoms with van der Waals surface area (Å²) >= 11 is 3.45. The fourth-order valence-electron chi connectivity index (χ4n) is 2.50. The highest BCUT2D eigenvalue weighted by Gasteiger charge is 2.22. The topological polar surface area (TPSA) is 32.3 Å². The van der Waals surface area contributed by atoms with E-state index in [2.05, 4.69) is 34.2 Å². The van der Waals surface area contributed by atoms with E-state index in [0.717, 1.165) is 28.6 Å². The molecule has 1 aromatic carbocycles. The van der Waals surface area contributed by atoms with Crippen molar-refractivity contribution in [1.82, 2.24) is 5.32 Å². The Morgan fingerprint density at radius 2 is 2.06 bits per heavy atom. The molecule has 2 rings (SSSR count). The van der Waals surface area contributed by atoms with Crippen LogP contribution in [0.15, 0.2) is 10.5 Å². The molecular weight excluding hydrogens is 266 g/mol. The molecule has 0 aliphatic carbocycles. The first-order chi connectivity index (χ1) is 7.61. The van der Waals surface area contributed by atoms with Gasteiger partial charge in [0.05, 0.1) is 4.47 Å². The fraction of sp³-hybridized carbons (Fsp3) is 0.538. The first-order valence-corrected chi connectivity index (χ1v) is 6.62. The molecule has 1 unspecified atom stereocenters. The van der Waals surface area contributed by atoms with Gasteiger partial charge in [0.1, 0.15) is 5.75 Å². The van der Waals surface area contributed by atoms with Crippen molar-refractivity contribution in [2.24, 2.45) is 0 Å². The number of benzene rings is 1. The quantitative estimate of drug-likeness (QED) is 0.826. The predicted molar refractivity (Wildman–Crippen MR) is 69.9 cm³/mol. The maximum Gasteiger partial charge on any atom is 0.135 e. The van der Waals surface area contributed by atoms with Gasteiger partial charge in [-0.2, -0.15) is 0 Å². The van der Waals surface area contributed by atoms with Crippen LogP contribution in [0.1, 0.15) is 42.0 Å². The minimum Gasteiger partial charge on any atom is -0.506 e. The molecule has 2 N–H and O–H groups in total. The maximum atomic E-state index is 10.2. The highest BCUT2D eigenvalue weighted by molar-refractivity contribution is 9.10. The van der Waals surface area contributed by atoms with E-state index in [1.54, 1.807) is 0 Å². The molecule has 2 nitrogen and oxygen atoms in total. The Balaban J connectivity index is 2.42. The van der Waals surface area contributed by atoms with E-state index in [4.69, 9.17) is 0 Å². The number of aryl methyl sites for hydroxylation is 2. The van der Waals surface area contributed by atoms with Crippen molar-refractivity contribution in [3.05, 3.63) is 27.2 Å². The Morgan fingerprint density at radius 1 is 1.31 bits per heavy atom. The number of halogens is 1. The molecule has 0 saturated carbocycles. The zero-order chi connectivity index (χ0) is 11.7. The third kappa shape index (κ3) is 2.11. The molecule has 1 aliphatic heterocycles. The maximum absolute atomic E-state index is 10.2. The zero-order valence-electron chi connectivity index (χ0n) is 9.81. The molecule has 1 aromatic rings. The number of hydrogen-bond acceptors (Lipinski definition) is 2. The molecule has 1 heterocycles. The summed E-state index contributed by atoms with van der Waals surface area (Å²) in [4.78, 5) is 0. The molecule has 1 saturated heterocycles. The highest BCUT2D eigenvalue weighted by Crippen LogP contribution is 2.39. The molecular formula is C13H18BrNO. The Morgan fingerprint density at radius 3 is 2.69 bits per heavy atom. The number of phenols is 1. The van der Waals surface area contributed by atoms with Gasteiger partial charge in [-0.1, -0.05) is 12.5 Å². The molecule has 0 aromatic heterocycles. The van der Waals surface area contributed by atoms with Gasteiger partial charge in [0.2, 0.25) is 0 Å². The van der Waals surface area contributed by atoms with Crippen molar-refractivity contribution in [2.75, 3.05) is 6.54 Å². The molecule has 0 spiro atoms. The largest absolute Gasteiger partial charge is 0.506 e. The number of phenolic OH excluding ortho intramolecular Hbond substituents is 1. The summed E-state index contributed by atoms with van der Waals surface area (Å²) in [7, 11) is 0. The second kappa shape index (κ2) is 4.76. The molecule has 16 heavy (non-hydrogen) atoms. The van der Waals surface area contributed by atoms with Crippen molar-refractivity contribution < 1.29 is 5.11 Å². The van der Waals surface area contributed by atoms with Gasteiger partial charge in [0, 0.05) is 11.6 Å². The van der Waals surface area contributed by atoms with E-state index in [1.165, 1.54) is 18.4 Å². The van der Waals surface area contributed by atoms with Gasteiger partial charge < -0.3 is 10.4 Å². The summed E-state index contributed by atoms with van der Waals surface area (Å²) < 4.78 is 0.834. The van der Waals surface area contributed by atoms with E-state index < -0.39 is 0 Å². The number of hydrogen-bond donors (Lipinski definition) is 2.